The van der Waals surface area contributed by atoms with Gasteiger partial charge in [0.05, 0.1) is 0 Å². The second kappa shape index (κ2) is 6.60. The van der Waals surface area contributed by atoms with E-state index in [1.54, 1.807) is 0 Å². The van der Waals surface area contributed by atoms with Gasteiger partial charge < -0.3 is 0 Å². The molecule has 5 heteroatoms. The Morgan fingerprint density at radius 3 is 1.67 bits per heavy atom. The Labute approximate surface area is 112 Å². The van der Waals surface area contributed by atoms with Crippen molar-refractivity contribution in [3.05, 3.63) is 35.9 Å². The summed E-state index contributed by atoms with van der Waals surface area (Å²) in [5.74, 6) is 0. The van der Waals surface area contributed by atoms with Gasteiger partial charge in [-0.1, -0.05) is 0 Å². The van der Waals surface area contributed by atoms with Crippen LogP contribution in [0.1, 0.15) is 5.56 Å². The Kier molecular flexibility index (Phi) is 5.70. The summed E-state index contributed by atoms with van der Waals surface area (Å²) in [6, 6.07) is 10.3. The maximum absolute atomic E-state index is 6.32. The van der Waals surface area contributed by atoms with Crippen LogP contribution in [0.25, 0.3) is 0 Å². The third-order valence-corrected chi connectivity index (χ3v) is 7.05. The van der Waals surface area contributed by atoms with E-state index in [9.17, 15) is 0 Å². The van der Waals surface area contributed by atoms with Gasteiger partial charge in [-0.15, -0.1) is 0 Å². The van der Waals surface area contributed by atoms with Gasteiger partial charge in [-0.05, 0) is 0 Å². The second-order valence-electron chi connectivity index (χ2n) is 5.03. The Morgan fingerprint density at radius 1 is 0.833 bits per heavy atom. The van der Waals surface area contributed by atoms with Crippen molar-refractivity contribution in [3.63, 3.8) is 0 Å². The molecule has 1 aromatic rings. The fourth-order valence-corrected chi connectivity index (χ4v) is 5.88. The van der Waals surface area contributed by atoms with E-state index in [1.807, 2.05) is 18.2 Å². The summed E-state index contributed by atoms with van der Waals surface area (Å²) in [4.78, 5) is 0. The summed E-state index contributed by atoms with van der Waals surface area (Å²) in [6.45, 7) is 0.640. The van der Waals surface area contributed by atoms with Gasteiger partial charge in [0, 0.05) is 0 Å². The van der Waals surface area contributed by atoms with Crippen molar-refractivity contribution in [2.24, 2.45) is 0 Å². The summed E-state index contributed by atoms with van der Waals surface area (Å²) in [6.07, 6.45) is 0. The molecule has 0 spiro atoms. The number of hydrogen-bond acceptors (Lipinski definition) is 4. The summed E-state index contributed by atoms with van der Waals surface area (Å²) in [5.41, 5.74) is 1.21. The minimum absolute atomic E-state index is 0.640. The molecule has 0 aromatic heterocycles. The van der Waals surface area contributed by atoms with Crippen LogP contribution in [0, 0.1) is 0 Å². The van der Waals surface area contributed by atoms with Crippen molar-refractivity contribution in [1.82, 2.24) is 14.0 Å². The quantitative estimate of drug-likeness (QED) is 0.739. The van der Waals surface area contributed by atoms with Crippen molar-refractivity contribution in [1.29, 1.82) is 0 Å². The molecule has 1 rings (SSSR count). The first-order valence-electron chi connectivity index (χ1n) is 6.11. The van der Waals surface area contributed by atoms with E-state index >= 15 is 0 Å². The first-order valence-corrected chi connectivity index (χ1v) is 7.86. The summed E-state index contributed by atoms with van der Waals surface area (Å²) >= 11 is 0. The van der Waals surface area contributed by atoms with Crippen molar-refractivity contribution < 1.29 is 4.52 Å². The molecule has 0 saturated carbocycles. The molecule has 0 aliphatic carbocycles. The molecule has 0 aliphatic rings. The second-order valence-corrected chi connectivity index (χ2v) is 9.15. The predicted octanol–water partition coefficient (Wildman–Crippen LogP) is 2.30. The Hall–Kier alpha value is -0.510. The molecule has 0 aliphatic heterocycles. The molecule has 1 aromatic carbocycles. The molecule has 4 nitrogen and oxygen atoms in total. The zero-order valence-electron chi connectivity index (χ0n) is 12.3. The zero-order chi connectivity index (χ0) is 13.8. The first-order chi connectivity index (χ1) is 8.41. The van der Waals surface area contributed by atoms with Gasteiger partial charge in [0.25, 0.3) is 0 Å². The van der Waals surface area contributed by atoms with Gasteiger partial charge in [0.15, 0.2) is 0 Å². The van der Waals surface area contributed by atoms with Crippen LogP contribution in [-0.2, 0) is 11.1 Å². The van der Waals surface area contributed by atoms with Crippen LogP contribution in [0.5, 0.6) is 0 Å². The van der Waals surface area contributed by atoms with Crippen LogP contribution in [0.3, 0.4) is 0 Å². The molecular weight excluding hydrogens is 245 g/mol. The van der Waals surface area contributed by atoms with Crippen LogP contribution < -0.4 is 0 Å². The van der Waals surface area contributed by atoms with Gasteiger partial charge in [-0.3, -0.25) is 0 Å². The molecule has 0 N–H and O–H groups in total. The monoisotopic (exact) mass is 271 g/mol. The van der Waals surface area contributed by atoms with E-state index in [1.165, 1.54) is 5.56 Å². The van der Waals surface area contributed by atoms with E-state index in [0.29, 0.717) is 6.61 Å². The van der Waals surface area contributed by atoms with Crippen molar-refractivity contribution >= 4 is 7.94 Å². The van der Waals surface area contributed by atoms with E-state index in [0.717, 1.165) is 0 Å². The van der Waals surface area contributed by atoms with Crippen molar-refractivity contribution in [2.75, 3.05) is 42.3 Å². The number of nitrogens with zero attached hydrogens (tertiary/aromatic N) is 3. The van der Waals surface area contributed by atoms with Crippen molar-refractivity contribution in [3.8, 4) is 0 Å². The average molecular weight is 271 g/mol. The summed E-state index contributed by atoms with van der Waals surface area (Å²) in [7, 11) is 10.3. The summed E-state index contributed by atoms with van der Waals surface area (Å²) in [5, 5.41) is 0. The Bertz CT molecular complexity index is 333. The van der Waals surface area contributed by atoms with E-state index < -0.39 is 7.94 Å². The third kappa shape index (κ3) is 3.28. The summed E-state index contributed by atoms with van der Waals surface area (Å²) < 4.78 is 12.9. The molecule has 0 heterocycles. The van der Waals surface area contributed by atoms with E-state index in [2.05, 4.69) is 68.4 Å². The fourth-order valence-electron chi connectivity index (χ4n) is 2.34. The van der Waals surface area contributed by atoms with Gasteiger partial charge in [-0.25, -0.2) is 0 Å². The fraction of sp³-hybridized carbons (Fsp3) is 0.538. The van der Waals surface area contributed by atoms with Crippen LogP contribution in [-0.4, -0.2) is 56.3 Å². The molecule has 0 radical (unpaired) electrons. The van der Waals surface area contributed by atoms with Gasteiger partial charge in [0.1, 0.15) is 0 Å². The first kappa shape index (κ1) is 15.5. The molecule has 0 bridgehead atoms. The number of rotatable bonds is 6. The predicted molar refractivity (Wildman–Crippen MR) is 80.6 cm³/mol. The molecular formula is C13H26N3OP. The average Bonchev–Trinajstić information content (AvgIpc) is 2.29. The Balaban J connectivity index is 2.86. The maximum atomic E-state index is 6.32. The number of hydrogen-bond donors (Lipinski definition) is 0. The van der Waals surface area contributed by atoms with E-state index in [4.69, 9.17) is 4.52 Å². The van der Waals surface area contributed by atoms with Crippen LogP contribution in [0.15, 0.2) is 30.3 Å². The molecule has 0 unspecified atom stereocenters. The third-order valence-electron chi connectivity index (χ3n) is 3.02. The molecule has 0 saturated heterocycles. The molecule has 0 amide bonds. The molecule has 0 fully saturated rings. The standard InChI is InChI=1S/C13H26N3OP/c1-14(2)18(15(3)4,16(5)6)17-12-13-10-8-7-9-11-13/h7-11,18H,12H2,1-6H3. The minimum atomic E-state index is -2.21. The zero-order valence-corrected chi connectivity index (χ0v) is 13.3. The molecule has 104 valence electrons. The molecule has 0 atom stereocenters. The van der Waals surface area contributed by atoms with Gasteiger partial charge >= 0.3 is 111 Å². The van der Waals surface area contributed by atoms with Gasteiger partial charge in [-0.2, -0.15) is 0 Å². The molecule has 18 heavy (non-hydrogen) atoms. The van der Waals surface area contributed by atoms with Crippen molar-refractivity contribution in [2.45, 2.75) is 6.61 Å². The number of benzene rings is 1. The van der Waals surface area contributed by atoms with Crippen LogP contribution >= 0.6 is 7.94 Å². The van der Waals surface area contributed by atoms with Gasteiger partial charge in [0.2, 0.25) is 0 Å². The topological polar surface area (TPSA) is 19.0 Å². The Morgan fingerprint density at radius 2 is 1.28 bits per heavy atom. The van der Waals surface area contributed by atoms with E-state index in [-0.39, 0.29) is 0 Å². The SMILES string of the molecule is CN(C)[PH](OCc1ccccc1)(N(C)C)N(C)C. The normalized spacial score (nSPS) is 13.6. The van der Waals surface area contributed by atoms with Crippen LogP contribution in [0.4, 0.5) is 0 Å². The van der Waals surface area contributed by atoms with Crippen LogP contribution in [0.2, 0.25) is 0 Å².